The molecule has 1 saturated heterocycles. The molecule has 1 unspecified atom stereocenters. The maximum absolute atomic E-state index is 12.6. The molecule has 0 N–H and O–H groups in total. The molecule has 1 aliphatic heterocycles. The van der Waals surface area contributed by atoms with Crippen LogP contribution in [0.2, 0.25) is 0 Å². The van der Waals surface area contributed by atoms with Gasteiger partial charge in [0, 0.05) is 45.7 Å². The maximum atomic E-state index is 12.6. The second kappa shape index (κ2) is 7.51. The normalized spacial score (nSPS) is 17.6. The zero-order chi connectivity index (χ0) is 17.8. The van der Waals surface area contributed by atoms with E-state index in [0.29, 0.717) is 32.6 Å². The molecular weight excluding hydrogens is 316 g/mol. The second-order valence-electron chi connectivity index (χ2n) is 6.45. The van der Waals surface area contributed by atoms with E-state index in [0.717, 1.165) is 11.3 Å². The number of hydrogen-bond donors (Lipinski definition) is 0. The van der Waals surface area contributed by atoms with Gasteiger partial charge in [0.15, 0.2) is 0 Å². The molecule has 1 fully saturated rings. The Labute approximate surface area is 148 Å². The van der Waals surface area contributed by atoms with Crippen LogP contribution in [-0.4, -0.2) is 51.0 Å². The SMILES string of the molecule is CC(=O)N1CCN(C(=O)CCn2ccc(C)n2)CC1c1ccccc1. The number of carbonyl (C=O) groups is 2. The van der Waals surface area contributed by atoms with Crippen molar-refractivity contribution in [1.82, 2.24) is 19.6 Å². The molecule has 2 heterocycles. The topological polar surface area (TPSA) is 58.4 Å². The number of aryl methyl sites for hydroxylation is 2. The molecule has 6 nitrogen and oxygen atoms in total. The molecule has 0 spiro atoms. The lowest BCUT2D eigenvalue weighted by molar-refractivity contribution is -0.142. The van der Waals surface area contributed by atoms with Crippen LogP contribution in [0.1, 0.15) is 30.6 Å². The van der Waals surface area contributed by atoms with Gasteiger partial charge in [-0.05, 0) is 18.6 Å². The molecule has 0 radical (unpaired) electrons. The molecule has 132 valence electrons. The highest BCUT2D eigenvalue weighted by Crippen LogP contribution is 2.25. The third-order valence-electron chi connectivity index (χ3n) is 4.65. The number of nitrogens with zero attached hydrogens (tertiary/aromatic N) is 4. The van der Waals surface area contributed by atoms with Crippen LogP contribution in [0.3, 0.4) is 0 Å². The summed E-state index contributed by atoms with van der Waals surface area (Å²) in [6, 6.07) is 11.8. The highest BCUT2D eigenvalue weighted by molar-refractivity contribution is 5.78. The van der Waals surface area contributed by atoms with Crippen molar-refractivity contribution in [1.29, 1.82) is 0 Å². The van der Waals surface area contributed by atoms with Crippen LogP contribution in [-0.2, 0) is 16.1 Å². The fraction of sp³-hybridized carbons (Fsp3) is 0.421. The zero-order valence-corrected chi connectivity index (χ0v) is 14.8. The monoisotopic (exact) mass is 340 g/mol. The average molecular weight is 340 g/mol. The van der Waals surface area contributed by atoms with Gasteiger partial charge >= 0.3 is 0 Å². The highest BCUT2D eigenvalue weighted by atomic mass is 16.2. The third kappa shape index (κ3) is 4.07. The number of hydrogen-bond acceptors (Lipinski definition) is 3. The molecule has 0 saturated carbocycles. The van der Waals surface area contributed by atoms with Gasteiger partial charge in [0.25, 0.3) is 0 Å². The van der Waals surface area contributed by atoms with Gasteiger partial charge in [0.2, 0.25) is 11.8 Å². The van der Waals surface area contributed by atoms with Crippen LogP contribution >= 0.6 is 0 Å². The first-order valence-corrected chi connectivity index (χ1v) is 8.64. The molecule has 6 heteroatoms. The Balaban J connectivity index is 1.66. The lowest BCUT2D eigenvalue weighted by Crippen LogP contribution is -2.51. The lowest BCUT2D eigenvalue weighted by Gasteiger charge is -2.41. The molecule has 0 bridgehead atoms. The van der Waals surface area contributed by atoms with Crippen molar-refractivity contribution in [3.63, 3.8) is 0 Å². The standard InChI is InChI=1S/C19H24N4O2/c1-15-8-10-22(20-15)11-9-19(25)21-12-13-23(16(2)24)18(14-21)17-6-4-3-5-7-17/h3-8,10,18H,9,11-14H2,1-2H3. The number of rotatable bonds is 4. The molecule has 1 aliphatic rings. The van der Waals surface area contributed by atoms with Crippen molar-refractivity contribution >= 4 is 11.8 Å². The first-order valence-electron chi connectivity index (χ1n) is 8.64. The second-order valence-corrected chi connectivity index (χ2v) is 6.45. The predicted octanol–water partition coefficient (Wildman–Crippen LogP) is 2.01. The van der Waals surface area contributed by atoms with Crippen LogP contribution in [0.15, 0.2) is 42.6 Å². The first kappa shape index (κ1) is 17.2. The van der Waals surface area contributed by atoms with Gasteiger partial charge < -0.3 is 9.80 Å². The molecule has 2 amide bonds. The molecular formula is C19H24N4O2. The number of benzene rings is 1. The van der Waals surface area contributed by atoms with Crippen molar-refractivity contribution in [2.75, 3.05) is 19.6 Å². The minimum Gasteiger partial charge on any atom is -0.338 e. The summed E-state index contributed by atoms with van der Waals surface area (Å²) in [4.78, 5) is 28.3. The number of aromatic nitrogens is 2. The largest absolute Gasteiger partial charge is 0.338 e. The zero-order valence-electron chi connectivity index (χ0n) is 14.8. The summed E-state index contributed by atoms with van der Waals surface area (Å²) in [5.74, 6) is 0.158. The van der Waals surface area contributed by atoms with E-state index in [2.05, 4.69) is 5.10 Å². The summed E-state index contributed by atoms with van der Waals surface area (Å²) in [7, 11) is 0. The quantitative estimate of drug-likeness (QED) is 0.855. The Morgan fingerprint density at radius 1 is 1.16 bits per heavy atom. The molecule has 3 rings (SSSR count). The predicted molar refractivity (Wildman–Crippen MR) is 94.7 cm³/mol. The average Bonchev–Trinajstić information content (AvgIpc) is 3.05. The van der Waals surface area contributed by atoms with Crippen molar-refractivity contribution in [3.05, 3.63) is 53.9 Å². The number of piperazine rings is 1. The fourth-order valence-electron chi connectivity index (χ4n) is 3.30. The van der Waals surface area contributed by atoms with Crippen LogP contribution in [0, 0.1) is 6.92 Å². The molecule has 2 aromatic rings. The van der Waals surface area contributed by atoms with Crippen molar-refractivity contribution < 1.29 is 9.59 Å². The van der Waals surface area contributed by atoms with E-state index in [1.54, 1.807) is 11.6 Å². The molecule has 1 aromatic heterocycles. The minimum atomic E-state index is -0.0802. The van der Waals surface area contributed by atoms with E-state index in [4.69, 9.17) is 0 Å². The summed E-state index contributed by atoms with van der Waals surface area (Å²) >= 11 is 0. The fourth-order valence-corrected chi connectivity index (χ4v) is 3.30. The first-order chi connectivity index (χ1) is 12.0. The smallest absolute Gasteiger partial charge is 0.224 e. The maximum Gasteiger partial charge on any atom is 0.224 e. The van der Waals surface area contributed by atoms with Crippen molar-refractivity contribution in [3.8, 4) is 0 Å². The Morgan fingerprint density at radius 2 is 1.92 bits per heavy atom. The van der Waals surface area contributed by atoms with Gasteiger partial charge in [-0.15, -0.1) is 0 Å². The Kier molecular flexibility index (Phi) is 5.16. The molecule has 25 heavy (non-hydrogen) atoms. The minimum absolute atomic E-state index is 0.0490. The van der Waals surface area contributed by atoms with Gasteiger partial charge in [0.05, 0.1) is 11.7 Å². The van der Waals surface area contributed by atoms with E-state index in [-0.39, 0.29) is 17.9 Å². The van der Waals surface area contributed by atoms with Crippen LogP contribution in [0.4, 0.5) is 0 Å². The van der Waals surface area contributed by atoms with Crippen LogP contribution in [0.5, 0.6) is 0 Å². The Bertz CT molecular complexity index is 741. The summed E-state index contributed by atoms with van der Waals surface area (Å²) in [5.41, 5.74) is 2.02. The lowest BCUT2D eigenvalue weighted by atomic mass is 10.0. The highest BCUT2D eigenvalue weighted by Gasteiger charge is 2.31. The van der Waals surface area contributed by atoms with Crippen molar-refractivity contribution in [2.24, 2.45) is 0 Å². The molecule has 0 aliphatic carbocycles. The number of amides is 2. The van der Waals surface area contributed by atoms with E-state index in [1.165, 1.54) is 0 Å². The summed E-state index contributed by atoms with van der Waals surface area (Å²) < 4.78 is 1.80. The van der Waals surface area contributed by atoms with Crippen LogP contribution < -0.4 is 0 Å². The number of carbonyl (C=O) groups excluding carboxylic acids is 2. The van der Waals surface area contributed by atoms with E-state index in [9.17, 15) is 9.59 Å². The van der Waals surface area contributed by atoms with E-state index >= 15 is 0 Å². The van der Waals surface area contributed by atoms with Gasteiger partial charge in [0.1, 0.15) is 0 Å². The molecule has 1 aromatic carbocycles. The van der Waals surface area contributed by atoms with Crippen LogP contribution in [0.25, 0.3) is 0 Å². The van der Waals surface area contributed by atoms with Gasteiger partial charge in [-0.3, -0.25) is 14.3 Å². The third-order valence-corrected chi connectivity index (χ3v) is 4.65. The summed E-state index contributed by atoms with van der Waals surface area (Å²) in [6.45, 7) is 5.80. The van der Waals surface area contributed by atoms with Gasteiger partial charge in [-0.2, -0.15) is 5.10 Å². The van der Waals surface area contributed by atoms with E-state index < -0.39 is 0 Å². The Hall–Kier alpha value is -2.63. The summed E-state index contributed by atoms with van der Waals surface area (Å²) in [6.07, 6.45) is 2.31. The van der Waals surface area contributed by atoms with Gasteiger partial charge in [-0.1, -0.05) is 30.3 Å². The Morgan fingerprint density at radius 3 is 2.56 bits per heavy atom. The molecule has 1 atom stereocenters. The van der Waals surface area contributed by atoms with E-state index in [1.807, 2.05) is 59.3 Å². The van der Waals surface area contributed by atoms with Crippen molar-refractivity contribution in [2.45, 2.75) is 32.9 Å². The van der Waals surface area contributed by atoms with Gasteiger partial charge in [-0.25, -0.2) is 0 Å². The summed E-state index contributed by atoms with van der Waals surface area (Å²) in [5, 5.41) is 4.32.